The van der Waals surface area contributed by atoms with Gasteiger partial charge in [0.2, 0.25) is 0 Å². The molecule has 20 heavy (non-hydrogen) atoms. The van der Waals surface area contributed by atoms with Crippen molar-refractivity contribution in [3.8, 4) is 5.75 Å². The molecule has 2 rings (SSSR count). The van der Waals surface area contributed by atoms with Gasteiger partial charge in [0.25, 0.3) is 5.69 Å². The molecular weight excluding hydrogens is 256 g/mol. The number of benzene rings is 1. The van der Waals surface area contributed by atoms with Gasteiger partial charge >= 0.3 is 0 Å². The monoisotopic (exact) mass is 278 g/mol. The second-order valence-corrected chi connectivity index (χ2v) is 5.51. The lowest BCUT2D eigenvalue weighted by Gasteiger charge is -2.23. The number of nitro benzene ring substituents is 1. The van der Waals surface area contributed by atoms with Crippen LogP contribution in [0.2, 0.25) is 0 Å². The first-order chi connectivity index (χ1) is 9.61. The molecule has 0 saturated heterocycles. The van der Waals surface area contributed by atoms with Crippen LogP contribution in [0, 0.1) is 16.0 Å². The van der Waals surface area contributed by atoms with Gasteiger partial charge in [-0.15, -0.1) is 0 Å². The Morgan fingerprint density at radius 2 is 2.05 bits per heavy atom. The van der Waals surface area contributed by atoms with Gasteiger partial charge in [0, 0.05) is 6.04 Å². The molecule has 1 N–H and O–H groups in total. The molecule has 0 aromatic heterocycles. The summed E-state index contributed by atoms with van der Waals surface area (Å²) < 4.78 is 5.06. The van der Waals surface area contributed by atoms with E-state index in [0.29, 0.717) is 23.4 Å². The molecule has 0 amide bonds. The maximum Gasteiger partial charge on any atom is 0.296 e. The smallest absolute Gasteiger partial charge is 0.296 e. The number of nitrogens with one attached hydrogen (secondary N) is 1. The minimum absolute atomic E-state index is 0.0841. The van der Waals surface area contributed by atoms with Gasteiger partial charge in [0.05, 0.1) is 18.1 Å². The van der Waals surface area contributed by atoms with Crippen LogP contribution in [0.3, 0.4) is 0 Å². The molecule has 1 fully saturated rings. The molecular formula is C15H22N2O3. The Hall–Kier alpha value is -1.78. The second-order valence-electron chi connectivity index (χ2n) is 5.51. The number of rotatable bonds is 4. The van der Waals surface area contributed by atoms with E-state index in [4.69, 9.17) is 4.74 Å². The molecule has 0 heterocycles. The summed E-state index contributed by atoms with van der Waals surface area (Å²) in [4.78, 5) is 10.8. The van der Waals surface area contributed by atoms with Gasteiger partial charge in [-0.05, 0) is 30.9 Å². The molecule has 0 radical (unpaired) electrons. The van der Waals surface area contributed by atoms with Gasteiger partial charge in [-0.2, -0.15) is 0 Å². The van der Waals surface area contributed by atoms with Crippen LogP contribution in [0.1, 0.15) is 39.0 Å². The van der Waals surface area contributed by atoms with Gasteiger partial charge in [-0.1, -0.05) is 26.2 Å². The number of methoxy groups -OCH3 is 1. The van der Waals surface area contributed by atoms with Gasteiger partial charge < -0.3 is 10.1 Å². The number of ether oxygens (including phenoxy) is 1. The Morgan fingerprint density at radius 3 is 2.75 bits per heavy atom. The van der Waals surface area contributed by atoms with E-state index in [1.54, 1.807) is 12.1 Å². The van der Waals surface area contributed by atoms with Crippen LogP contribution in [0.25, 0.3) is 0 Å². The predicted molar refractivity (Wildman–Crippen MR) is 79.3 cm³/mol. The lowest BCUT2D eigenvalue weighted by atomic mass is 9.96. The Labute approximate surface area is 119 Å². The van der Waals surface area contributed by atoms with E-state index in [1.807, 2.05) is 0 Å². The summed E-state index contributed by atoms with van der Waals surface area (Å²) in [6.45, 7) is 2.22. The van der Waals surface area contributed by atoms with Crippen molar-refractivity contribution in [1.82, 2.24) is 0 Å². The molecule has 2 atom stereocenters. The maximum absolute atomic E-state index is 11.2. The van der Waals surface area contributed by atoms with Crippen LogP contribution in [0.5, 0.6) is 5.75 Å². The first-order valence-corrected chi connectivity index (χ1v) is 7.21. The van der Waals surface area contributed by atoms with Crippen LogP contribution in [0.4, 0.5) is 11.4 Å². The van der Waals surface area contributed by atoms with Crippen molar-refractivity contribution in [2.75, 3.05) is 12.4 Å². The van der Waals surface area contributed by atoms with E-state index < -0.39 is 0 Å². The summed E-state index contributed by atoms with van der Waals surface area (Å²) in [5.41, 5.74) is 0.676. The molecule has 5 nitrogen and oxygen atoms in total. The molecule has 2 unspecified atom stereocenters. The third kappa shape index (κ3) is 3.40. The zero-order valence-electron chi connectivity index (χ0n) is 12.1. The molecule has 1 aliphatic rings. The molecule has 110 valence electrons. The van der Waals surface area contributed by atoms with Crippen molar-refractivity contribution in [3.05, 3.63) is 28.3 Å². The van der Waals surface area contributed by atoms with Crippen molar-refractivity contribution in [2.24, 2.45) is 5.92 Å². The highest BCUT2D eigenvalue weighted by Crippen LogP contribution is 2.32. The Bertz CT molecular complexity index is 476. The van der Waals surface area contributed by atoms with E-state index in [0.717, 1.165) is 6.42 Å². The molecule has 1 aromatic carbocycles. The predicted octanol–water partition coefficient (Wildman–Crippen LogP) is 3.98. The fourth-order valence-electron chi connectivity index (χ4n) is 2.82. The fourth-order valence-corrected chi connectivity index (χ4v) is 2.82. The minimum atomic E-state index is -0.355. The third-order valence-corrected chi connectivity index (χ3v) is 4.10. The third-order valence-electron chi connectivity index (χ3n) is 4.10. The Kier molecular flexibility index (Phi) is 4.82. The summed E-state index contributed by atoms with van der Waals surface area (Å²) in [6, 6.07) is 5.29. The first kappa shape index (κ1) is 14.6. The van der Waals surface area contributed by atoms with Gasteiger partial charge in [0.1, 0.15) is 11.4 Å². The normalized spacial score (nSPS) is 22.9. The number of anilines is 1. The Balaban J connectivity index is 2.21. The van der Waals surface area contributed by atoms with Gasteiger partial charge in [-0.3, -0.25) is 10.1 Å². The van der Waals surface area contributed by atoms with Crippen molar-refractivity contribution in [3.63, 3.8) is 0 Å². The van der Waals surface area contributed by atoms with Crippen LogP contribution in [-0.4, -0.2) is 18.1 Å². The highest BCUT2D eigenvalue weighted by molar-refractivity contribution is 5.64. The zero-order valence-corrected chi connectivity index (χ0v) is 12.1. The van der Waals surface area contributed by atoms with Gasteiger partial charge in [0.15, 0.2) is 0 Å². The van der Waals surface area contributed by atoms with Crippen molar-refractivity contribution in [2.45, 2.75) is 45.1 Å². The van der Waals surface area contributed by atoms with Crippen LogP contribution in [-0.2, 0) is 0 Å². The van der Waals surface area contributed by atoms with Crippen LogP contribution in [0.15, 0.2) is 18.2 Å². The largest absolute Gasteiger partial charge is 0.496 e. The molecule has 1 saturated carbocycles. The minimum Gasteiger partial charge on any atom is -0.496 e. The number of nitro groups is 1. The maximum atomic E-state index is 11.2. The lowest BCUT2D eigenvalue weighted by molar-refractivity contribution is -0.384. The Morgan fingerprint density at radius 1 is 1.30 bits per heavy atom. The van der Waals surface area contributed by atoms with Crippen LogP contribution >= 0.6 is 0 Å². The second kappa shape index (κ2) is 6.59. The van der Waals surface area contributed by atoms with Crippen LogP contribution < -0.4 is 10.1 Å². The van der Waals surface area contributed by atoms with Crippen molar-refractivity contribution >= 4 is 11.4 Å². The van der Waals surface area contributed by atoms with Crippen molar-refractivity contribution < 1.29 is 9.66 Å². The average Bonchev–Trinajstić information content (AvgIpc) is 2.64. The molecule has 5 heteroatoms. The molecule has 0 bridgehead atoms. The van der Waals surface area contributed by atoms with E-state index in [2.05, 4.69) is 12.2 Å². The molecule has 1 aliphatic carbocycles. The standard InChI is InChI=1S/C15H22N2O3/c1-11-6-4-3-5-7-13(11)16-14-9-8-12(20-2)10-15(14)17(18)19/h8-11,13,16H,3-7H2,1-2H3. The summed E-state index contributed by atoms with van der Waals surface area (Å²) >= 11 is 0. The number of hydrogen-bond donors (Lipinski definition) is 1. The summed E-state index contributed by atoms with van der Waals surface area (Å²) in [7, 11) is 1.51. The molecule has 0 aliphatic heterocycles. The van der Waals surface area contributed by atoms with Gasteiger partial charge in [-0.25, -0.2) is 0 Å². The quantitative estimate of drug-likeness (QED) is 0.514. The summed E-state index contributed by atoms with van der Waals surface area (Å²) in [5.74, 6) is 1.05. The summed E-state index contributed by atoms with van der Waals surface area (Å²) in [6.07, 6.45) is 5.95. The average molecular weight is 278 g/mol. The van der Waals surface area contributed by atoms with E-state index in [1.165, 1.54) is 38.9 Å². The number of nitrogens with zero attached hydrogens (tertiary/aromatic N) is 1. The number of hydrogen-bond acceptors (Lipinski definition) is 4. The summed E-state index contributed by atoms with van der Waals surface area (Å²) in [5, 5.41) is 14.6. The zero-order chi connectivity index (χ0) is 14.5. The lowest BCUT2D eigenvalue weighted by Crippen LogP contribution is -2.26. The highest BCUT2D eigenvalue weighted by atomic mass is 16.6. The topological polar surface area (TPSA) is 64.4 Å². The first-order valence-electron chi connectivity index (χ1n) is 7.21. The van der Waals surface area contributed by atoms with E-state index in [9.17, 15) is 10.1 Å². The molecule has 0 spiro atoms. The van der Waals surface area contributed by atoms with E-state index in [-0.39, 0.29) is 10.6 Å². The molecule has 1 aromatic rings. The fraction of sp³-hybridized carbons (Fsp3) is 0.600. The highest BCUT2D eigenvalue weighted by Gasteiger charge is 2.23. The van der Waals surface area contributed by atoms with E-state index >= 15 is 0 Å². The SMILES string of the molecule is COc1ccc(NC2CCCCCC2C)c([N+](=O)[O-])c1. The van der Waals surface area contributed by atoms with Crippen molar-refractivity contribution in [1.29, 1.82) is 0 Å².